The molecule has 5 rings (SSSR count). The van der Waals surface area contributed by atoms with Crippen LogP contribution in [-0.2, 0) is 16.2 Å². The standard InChI is InChI=1S/C27H24F3N5O4S2/c1-39-20-5-2-4-18(14-20)24-17-40-26(32-24)35-12-10-34(11-13-35)25(36)22-8-7-19(27(28,29)30)15-23(22)33-41(37,38)21-6-3-9-31-16-21/h2-9,14-17,33H,10-13H2,1H3. The predicted octanol–water partition coefficient (Wildman–Crippen LogP) is 5.00. The maximum Gasteiger partial charge on any atom is 0.416 e. The smallest absolute Gasteiger partial charge is 0.416 e. The summed E-state index contributed by atoms with van der Waals surface area (Å²) in [5, 5.41) is 2.71. The third kappa shape index (κ3) is 6.28. The number of aromatic nitrogens is 2. The highest BCUT2D eigenvalue weighted by Gasteiger charge is 2.33. The lowest BCUT2D eigenvalue weighted by Gasteiger charge is -2.35. The van der Waals surface area contributed by atoms with Crippen molar-refractivity contribution in [2.24, 2.45) is 0 Å². The zero-order chi connectivity index (χ0) is 29.2. The van der Waals surface area contributed by atoms with Crippen molar-refractivity contribution in [3.05, 3.63) is 83.5 Å². The van der Waals surface area contributed by atoms with Crippen LogP contribution >= 0.6 is 11.3 Å². The number of benzene rings is 2. The van der Waals surface area contributed by atoms with Crippen LogP contribution in [0.1, 0.15) is 15.9 Å². The number of alkyl halides is 3. The molecule has 1 aliphatic rings. The molecule has 1 fully saturated rings. The first kappa shape index (κ1) is 28.4. The van der Waals surface area contributed by atoms with Gasteiger partial charge in [-0.25, -0.2) is 13.4 Å². The number of ether oxygens (including phenoxy) is 1. The molecule has 0 aliphatic carbocycles. The number of methoxy groups -OCH3 is 1. The Bertz CT molecular complexity index is 1650. The number of carbonyl (C=O) groups excluding carboxylic acids is 1. The number of halogens is 3. The van der Waals surface area contributed by atoms with E-state index in [0.717, 1.165) is 40.5 Å². The van der Waals surface area contributed by atoms with Gasteiger partial charge in [-0.3, -0.25) is 14.5 Å². The Balaban J connectivity index is 1.33. The number of amides is 1. The van der Waals surface area contributed by atoms with Crippen LogP contribution in [0.15, 0.2) is 77.3 Å². The van der Waals surface area contributed by atoms with Gasteiger partial charge in [-0.1, -0.05) is 12.1 Å². The molecule has 3 heterocycles. The van der Waals surface area contributed by atoms with E-state index in [1.807, 2.05) is 34.5 Å². The van der Waals surface area contributed by atoms with Crippen LogP contribution in [0, 0.1) is 0 Å². The number of carbonyl (C=O) groups is 1. The van der Waals surface area contributed by atoms with E-state index in [1.54, 1.807) is 7.11 Å². The third-order valence-corrected chi connectivity index (χ3v) is 8.71. The lowest BCUT2D eigenvalue weighted by atomic mass is 10.1. The van der Waals surface area contributed by atoms with Crippen molar-refractivity contribution in [3.63, 3.8) is 0 Å². The zero-order valence-corrected chi connectivity index (χ0v) is 23.3. The zero-order valence-electron chi connectivity index (χ0n) is 21.6. The molecule has 1 saturated heterocycles. The molecule has 0 bridgehead atoms. The number of nitrogens with one attached hydrogen (secondary N) is 1. The van der Waals surface area contributed by atoms with Gasteiger partial charge in [0.2, 0.25) is 0 Å². The van der Waals surface area contributed by atoms with E-state index in [2.05, 4.69) is 9.71 Å². The van der Waals surface area contributed by atoms with E-state index >= 15 is 0 Å². The number of anilines is 2. The first-order valence-corrected chi connectivity index (χ1v) is 14.7. The molecular formula is C27H24F3N5O4S2. The minimum Gasteiger partial charge on any atom is -0.497 e. The highest BCUT2D eigenvalue weighted by atomic mass is 32.2. The number of hydrogen-bond acceptors (Lipinski definition) is 8. The highest BCUT2D eigenvalue weighted by Crippen LogP contribution is 2.34. The maximum absolute atomic E-state index is 13.5. The fourth-order valence-corrected chi connectivity index (χ4v) is 6.22. The molecule has 0 unspecified atom stereocenters. The van der Waals surface area contributed by atoms with Crippen molar-refractivity contribution in [1.82, 2.24) is 14.9 Å². The lowest BCUT2D eigenvalue weighted by Crippen LogP contribution is -2.49. The van der Waals surface area contributed by atoms with Gasteiger partial charge in [0, 0.05) is 49.5 Å². The van der Waals surface area contributed by atoms with Crippen molar-refractivity contribution in [2.75, 3.05) is 42.9 Å². The van der Waals surface area contributed by atoms with Crippen molar-refractivity contribution in [1.29, 1.82) is 0 Å². The first-order chi connectivity index (χ1) is 19.5. The number of sulfonamides is 1. The topological polar surface area (TPSA) is 105 Å². The number of rotatable bonds is 7. The van der Waals surface area contributed by atoms with E-state index < -0.39 is 33.4 Å². The van der Waals surface area contributed by atoms with Gasteiger partial charge in [0.15, 0.2) is 5.13 Å². The summed E-state index contributed by atoms with van der Waals surface area (Å²) >= 11 is 1.46. The van der Waals surface area contributed by atoms with Crippen molar-refractivity contribution in [2.45, 2.75) is 11.1 Å². The molecule has 41 heavy (non-hydrogen) atoms. The molecular weight excluding hydrogens is 579 g/mol. The van der Waals surface area contributed by atoms with Gasteiger partial charge in [0.1, 0.15) is 10.6 Å². The van der Waals surface area contributed by atoms with E-state index in [9.17, 15) is 26.4 Å². The fourth-order valence-electron chi connectivity index (χ4n) is 4.30. The van der Waals surface area contributed by atoms with Crippen LogP contribution < -0.4 is 14.4 Å². The fraction of sp³-hybridized carbons (Fsp3) is 0.222. The summed E-state index contributed by atoms with van der Waals surface area (Å²) < 4.78 is 73.6. The van der Waals surface area contributed by atoms with Gasteiger partial charge >= 0.3 is 6.18 Å². The Morgan fingerprint density at radius 3 is 2.51 bits per heavy atom. The second-order valence-corrected chi connectivity index (χ2v) is 11.6. The summed E-state index contributed by atoms with van der Waals surface area (Å²) in [4.78, 5) is 25.2. The summed E-state index contributed by atoms with van der Waals surface area (Å²) in [6.07, 6.45) is -2.31. The average Bonchev–Trinajstić information content (AvgIpc) is 3.47. The second kappa shape index (κ2) is 11.4. The molecule has 9 nitrogen and oxygen atoms in total. The average molecular weight is 604 g/mol. The number of nitrogens with zero attached hydrogens (tertiary/aromatic N) is 4. The molecule has 1 N–H and O–H groups in total. The van der Waals surface area contributed by atoms with Gasteiger partial charge in [-0.05, 0) is 42.5 Å². The SMILES string of the molecule is COc1cccc(-c2csc(N3CCN(C(=O)c4ccc(C(F)(F)F)cc4NS(=O)(=O)c4cccnc4)CC3)n2)c1. The number of thiazole rings is 1. The van der Waals surface area contributed by atoms with Crippen LogP contribution in [0.2, 0.25) is 0 Å². The van der Waals surface area contributed by atoms with Crippen molar-refractivity contribution in [3.8, 4) is 17.0 Å². The largest absolute Gasteiger partial charge is 0.497 e. The molecule has 2 aromatic heterocycles. The summed E-state index contributed by atoms with van der Waals surface area (Å²) in [7, 11) is -2.71. The van der Waals surface area contributed by atoms with Gasteiger partial charge in [0.25, 0.3) is 15.9 Å². The first-order valence-electron chi connectivity index (χ1n) is 12.3. The maximum atomic E-state index is 13.5. The Morgan fingerprint density at radius 1 is 1.05 bits per heavy atom. The molecule has 0 radical (unpaired) electrons. The van der Waals surface area contributed by atoms with Crippen LogP contribution in [-0.4, -0.2) is 62.5 Å². The van der Waals surface area contributed by atoms with E-state index in [0.29, 0.717) is 19.2 Å². The Kier molecular flexibility index (Phi) is 7.87. The van der Waals surface area contributed by atoms with Crippen LogP contribution in [0.4, 0.5) is 24.0 Å². The molecule has 1 amide bonds. The number of hydrogen-bond donors (Lipinski definition) is 1. The minimum atomic E-state index is -4.74. The van der Waals surface area contributed by atoms with Gasteiger partial charge in [-0.2, -0.15) is 13.2 Å². The van der Waals surface area contributed by atoms with Crippen LogP contribution in [0.5, 0.6) is 5.75 Å². The summed E-state index contributed by atoms with van der Waals surface area (Å²) in [6, 6.07) is 12.6. The minimum absolute atomic E-state index is 0.187. The second-order valence-electron chi connectivity index (χ2n) is 9.08. The number of pyridine rings is 1. The summed E-state index contributed by atoms with van der Waals surface area (Å²) in [5.41, 5.74) is -0.0345. The lowest BCUT2D eigenvalue weighted by molar-refractivity contribution is -0.137. The van der Waals surface area contributed by atoms with E-state index in [1.165, 1.54) is 34.6 Å². The molecule has 4 aromatic rings. The van der Waals surface area contributed by atoms with E-state index in [-0.39, 0.29) is 23.5 Å². The normalized spacial score (nSPS) is 14.1. The van der Waals surface area contributed by atoms with Crippen molar-refractivity contribution >= 4 is 38.1 Å². The van der Waals surface area contributed by atoms with E-state index in [4.69, 9.17) is 9.72 Å². The summed E-state index contributed by atoms with van der Waals surface area (Å²) in [5.74, 6) is 0.132. The van der Waals surface area contributed by atoms with Gasteiger partial charge in [0.05, 0.1) is 29.6 Å². The molecule has 2 aromatic carbocycles. The molecule has 0 atom stereocenters. The van der Waals surface area contributed by atoms with Crippen LogP contribution in [0.25, 0.3) is 11.3 Å². The molecule has 1 aliphatic heterocycles. The monoisotopic (exact) mass is 603 g/mol. The molecule has 14 heteroatoms. The summed E-state index contributed by atoms with van der Waals surface area (Å²) in [6.45, 7) is 1.41. The van der Waals surface area contributed by atoms with Crippen LogP contribution in [0.3, 0.4) is 0 Å². The third-order valence-electron chi connectivity index (χ3n) is 6.46. The van der Waals surface area contributed by atoms with Gasteiger partial charge < -0.3 is 14.5 Å². The Hall–Kier alpha value is -4.17. The molecule has 0 saturated carbocycles. The van der Waals surface area contributed by atoms with Gasteiger partial charge in [-0.15, -0.1) is 11.3 Å². The predicted molar refractivity (Wildman–Crippen MR) is 149 cm³/mol. The molecule has 214 valence electrons. The number of piperazine rings is 1. The Labute approximate surface area is 238 Å². The van der Waals surface area contributed by atoms with Crippen molar-refractivity contribution < 1.29 is 31.1 Å². The quantitative estimate of drug-likeness (QED) is 0.317. The Morgan fingerprint density at radius 2 is 1.83 bits per heavy atom. The highest BCUT2D eigenvalue weighted by molar-refractivity contribution is 7.92. The molecule has 0 spiro atoms.